The maximum absolute atomic E-state index is 14.9. The van der Waals surface area contributed by atoms with Gasteiger partial charge in [-0.3, -0.25) is 19.4 Å². The van der Waals surface area contributed by atoms with Crippen molar-refractivity contribution in [3.63, 3.8) is 0 Å². The molecule has 0 unspecified atom stereocenters. The lowest BCUT2D eigenvalue weighted by atomic mass is 9.87. The van der Waals surface area contributed by atoms with Gasteiger partial charge >= 0.3 is 0 Å². The normalized spacial score (nSPS) is 23.1. The number of benzene rings is 2. The van der Waals surface area contributed by atoms with Gasteiger partial charge in [0, 0.05) is 61.3 Å². The molecule has 2 aliphatic heterocycles. The van der Waals surface area contributed by atoms with Gasteiger partial charge in [-0.1, -0.05) is 35.9 Å². The Bertz CT molecular complexity index is 1230. The van der Waals surface area contributed by atoms with Crippen LogP contribution >= 0.6 is 11.6 Å². The number of carbonyl (C=O) groups is 2. The number of hydrogen-bond donors (Lipinski definition) is 0. The van der Waals surface area contributed by atoms with Gasteiger partial charge in [-0.2, -0.15) is 0 Å². The van der Waals surface area contributed by atoms with Crippen LogP contribution in [0.4, 0.5) is 8.78 Å². The Kier molecular flexibility index (Phi) is 9.22. The molecular formula is C31H41ClF2N4O2. The summed E-state index contributed by atoms with van der Waals surface area (Å²) in [6.07, 6.45) is 0.495. The Hall–Kier alpha value is -2.55. The molecule has 2 aromatic carbocycles. The lowest BCUT2D eigenvalue weighted by Crippen LogP contribution is -2.59. The molecule has 0 spiro atoms. The zero-order chi connectivity index (χ0) is 29.4. The molecule has 0 aromatic heterocycles. The van der Waals surface area contributed by atoms with Crippen molar-refractivity contribution in [1.82, 2.24) is 19.6 Å². The van der Waals surface area contributed by atoms with E-state index in [1.54, 1.807) is 0 Å². The summed E-state index contributed by atoms with van der Waals surface area (Å²) in [5.41, 5.74) is 1.09. The number of likely N-dealkylation sites (tertiary alicyclic amines) is 1. The standard InChI is InChI=1S/C31H41ClF2N4O2/c1-20-17-36(30(40)28(35(5)6)15-21-9-7-8-10-26(21)32)13-14-38(20)29(39)25-19-37(31(2,3)4)18-24(25)23-12-11-22(33)16-27(23)34/h7-12,16,20,24-25,28H,13-15,17-19H2,1-6H3/t20-,24-,25+,28-/m0/s1. The van der Waals surface area contributed by atoms with Crippen molar-refractivity contribution in [3.05, 3.63) is 70.2 Å². The van der Waals surface area contributed by atoms with Gasteiger partial charge in [0.15, 0.2) is 0 Å². The quantitative estimate of drug-likeness (QED) is 0.503. The fourth-order valence-electron chi connectivity index (χ4n) is 5.99. The van der Waals surface area contributed by atoms with Crippen LogP contribution in [0.3, 0.4) is 0 Å². The van der Waals surface area contributed by atoms with E-state index < -0.39 is 17.6 Å². The second-order valence-corrected chi connectivity index (χ2v) is 12.8. The zero-order valence-electron chi connectivity index (χ0n) is 24.3. The molecule has 2 fully saturated rings. The largest absolute Gasteiger partial charge is 0.337 e. The Labute approximate surface area is 241 Å². The van der Waals surface area contributed by atoms with Crippen molar-refractivity contribution in [3.8, 4) is 0 Å². The number of amides is 2. The topological polar surface area (TPSA) is 47.1 Å². The highest BCUT2D eigenvalue weighted by Gasteiger charge is 2.46. The smallest absolute Gasteiger partial charge is 0.240 e. The van der Waals surface area contributed by atoms with Crippen molar-refractivity contribution < 1.29 is 18.4 Å². The first-order valence-corrected chi connectivity index (χ1v) is 14.3. The van der Waals surface area contributed by atoms with Crippen LogP contribution in [0.15, 0.2) is 42.5 Å². The molecule has 0 bridgehead atoms. The number of nitrogens with zero attached hydrogens (tertiary/aromatic N) is 4. The average Bonchev–Trinajstić information content (AvgIpc) is 3.33. The number of carbonyl (C=O) groups excluding carboxylic acids is 2. The molecular weight excluding hydrogens is 534 g/mol. The lowest BCUT2D eigenvalue weighted by molar-refractivity contribution is -0.147. The molecule has 4 rings (SSSR count). The van der Waals surface area contributed by atoms with Crippen LogP contribution in [-0.4, -0.2) is 95.9 Å². The maximum atomic E-state index is 14.9. The summed E-state index contributed by atoms with van der Waals surface area (Å²) < 4.78 is 28.6. The summed E-state index contributed by atoms with van der Waals surface area (Å²) in [7, 11) is 3.77. The highest BCUT2D eigenvalue weighted by molar-refractivity contribution is 6.31. The van der Waals surface area contributed by atoms with Crippen LogP contribution in [0.5, 0.6) is 0 Å². The first-order chi connectivity index (χ1) is 18.8. The Morgan fingerprint density at radius 1 is 1.05 bits per heavy atom. The van der Waals surface area contributed by atoms with E-state index in [9.17, 15) is 18.4 Å². The SMILES string of the molecule is C[C@H]1CN(C(=O)[C@H](Cc2ccccc2Cl)N(C)C)CCN1C(=O)[C@@H]1CN(C(C)(C)C)C[C@H]1c1ccc(F)cc1F. The minimum Gasteiger partial charge on any atom is -0.337 e. The molecule has 2 heterocycles. The number of piperazine rings is 1. The molecule has 218 valence electrons. The molecule has 0 radical (unpaired) electrons. The summed E-state index contributed by atoms with van der Waals surface area (Å²) in [5.74, 6) is -2.12. The van der Waals surface area contributed by atoms with Gasteiger partial charge in [0.1, 0.15) is 11.6 Å². The van der Waals surface area contributed by atoms with Crippen molar-refractivity contribution in [2.45, 2.75) is 57.7 Å². The number of hydrogen-bond acceptors (Lipinski definition) is 4. The molecule has 2 aromatic rings. The molecule has 2 saturated heterocycles. The fraction of sp³-hybridized carbons (Fsp3) is 0.548. The molecule has 40 heavy (non-hydrogen) atoms. The summed E-state index contributed by atoms with van der Waals surface area (Å²) >= 11 is 6.38. The summed E-state index contributed by atoms with van der Waals surface area (Å²) in [4.78, 5) is 35.5. The van der Waals surface area contributed by atoms with Crippen molar-refractivity contribution in [2.75, 3.05) is 46.8 Å². The molecule has 2 aliphatic rings. The van der Waals surface area contributed by atoms with Gasteiger partial charge in [0.05, 0.1) is 12.0 Å². The van der Waals surface area contributed by atoms with E-state index >= 15 is 0 Å². The third-order valence-corrected chi connectivity index (χ3v) is 8.82. The second-order valence-electron chi connectivity index (χ2n) is 12.4. The number of rotatable bonds is 6. The van der Waals surface area contributed by atoms with Gasteiger partial charge in [0.2, 0.25) is 11.8 Å². The third kappa shape index (κ3) is 6.50. The fourth-order valence-corrected chi connectivity index (χ4v) is 6.20. The highest BCUT2D eigenvalue weighted by atomic mass is 35.5. The lowest BCUT2D eigenvalue weighted by Gasteiger charge is -2.43. The average molecular weight is 575 g/mol. The van der Waals surface area contributed by atoms with Crippen LogP contribution in [0.1, 0.15) is 44.7 Å². The molecule has 0 N–H and O–H groups in total. The van der Waals surface area contributed by atoms with E-state index in [1.165, 1.54) is 12.1 Å². The van der Waals surface area contributed by atoms with Crippen LogP contribution in [-0.2, 0) is 16.0 Å². The van der Waals surface area contributed by atoms with E-state index in [-0.39, 0.29) is 35.4 Å². The summed E-state index contributed by atoms with van der Waals surface area (Å²) in [6, 6.07) is 10.6. The Balaban J connectivity index is 1.50. The molecule has 9 heteroatoms. The zero-order valence-corrected chi connectivity index (χ0v) is 25.1. The molecule has 0 saturated carbocycles. The van der Waals surface area contributed by atoms with Crippen molar-refractivity contribution in [1.29, 1.82) is 0 Å². The predicted molar refractivity (Wildman–Crippen MR) is 154 cm³/mol. The minimum absolute atomic E-state index is 0.00917. The van der Waals surface area contributed by atoms with Crippen LogP contribution < -0.4 is 0 Å². The van der Waals surface area contributed by atoms with Crippen molar-refractivity contribution >= 4 is 23.4 Å². The Morgan fingerprint density at radius 3 is 2.35 bits per heavy atom. The Morgan fingerprint density at radius 2 is 1.75 bits per heavy atom. The van der Waals surface area contributed by atoms with E-state index in [2.05, 4.69) is 25.7 Å². The van der Waals surface area contributed by atoms with E-state index in [0.717, 1.165) is 11.6 Å². The second kappa shape index (κ2) is 12.1. The molecule has 6 nitrogen and oxygen atoms in total. The number of halogens is 3. The van der Waals surface area contributed by atoms with Crippen LogP contribution in [0, 0.1) is 17.6 Å². The van der Waals surface area contributed by atoms with E-state index in [0.29, 0.717) is 49.7 Å². The molecule has 4 atom stereocenters. The first kappa shape index (κ1) is 30.4. The van der Waals surface area contributed by atoms with Gasteiger partial charge in [-0.25, -0.2) is 8.78 Å². The monoisotopic (exact) mass is 574 g/mol. The summed E-state index contributed by atoms with van der Waals surface area (Å²) in [6.45, 7) is 10.5. The molecule has 2 amide bonds. The molecule has 0 aliphatic carbocycles. The van der Waals surface area contributed by atoms with Gasteiger partial charge in [-0.15, -0.1) is 0 Å². The van der Waals surface area contributed by atoms with Gasteiger partial charge in [-0.05, 0) is 71.5 Å². The van der Waals surface area contributed by atoms with E-state index in [4.69, 9.17) is 11.6 Å². The third-order valence-electron chi connectivity index (χ3n) is 8.45. The highest BCUT2D eigenvalue weighted by Crippen LogP contribution is 2.39. The number of likely N-dealkylation sites (N-methyl/N-ethyl adjacent to an activating group) is 1. The van der Waals surface area contributed by atoms with Crippen LogP contribution in [0.2, 0.25) is 5.02 Å². The summed E-state index contributed by atoms with van der Waals surface area (Å²) in [5, 5.41) is 0.638. The van der Waals surface area contributed by atoms with Gasteiger partial charge in [0.25, 0.3) is 0 Å². The first-order valence-electron chi connectivity index (χ1n) is 14.0. The van der Waals surface area contributed by atoms with Crippen LogP contribution in [0.25, 0.3) is 0 Å². The predicted octanol–water partition coefficient (Wildman–Crippen LogP) is 4.66. The van der Waals surface area contributed by atoms with E-state index in [1.807, 2.05) is 60.0 Å². The van der Waals surface area contributed by atoms with Crippen molar-refractivity contribution in [2.24, 2.45) is 5.92 Å². The minimum atomic E-state index is -0.630. The van der Waals surface area contributed by atoms with Gasteiger partial charge < -0.3 is 9.80 Å². The maximum Gasteiger partial charge on any atom is 0.240 e.